The van der Waals surface area contributed by atoms with E-state index in [9.17, 15) is 14.7 Å². The molecule has 0 saturated carbocycles. The van der Waals surface area contributed by atoms with E-state index < -0.39 is 18.1 Å². The number of hydrogen-bond acceptors (Lipinski definition) is 4. The van der Waals surface area contributed by atoms with Crippen LogP contribution in [0.1, 0.15) is 35.1 Å². The summed E-state index contributed by atoms with van der Waals surface area (Å²) < 4.78 is 6.24. The van der Waals surface area contributed by atoms with Crippen molar-refractivity contribution in [1.29, 1.82) is 0 Å². The fourth-order valence-electron chi connectivity index (χ4n) is 3.95. The first-order chi connectivity index (χ1) is 14.5. The Morgan fingerprint density at radius 3 is 2.10 bits per heavy atom. The van der Waals surface area contributed by atoms with Gasteiger partial charge in [-0.15, -0.1) is 0 Å². The van der Waals surface area contributed by atoms with Gasteiger partial charge in [-0.25, -0.2) is 4.79 Å². The molecule has 0 aromatic heterocycles. The van der Waals surface area contributed by atoms with Crippen molar-refractivity contribution in [2.24, 2.45) is 0 Å². The average molecular weight is 465 g/mol. The minimum atomic E-state index is -1.25. The van der Waals surface area contributed by atoms with Crippen LogP contribution in [0, 0.1) is 0 Å². The van der Waals surface area contributed by atoms with Crippen molar-refractivity contribution in [3.63, 3.8) is 0 Å². The molecule has 152 valence electrons. The molecule has 0 heterocycles. The average Bonchev–Trinajstić information content (AvgIpc) is 3.06. The highest BCUT2D eigenvalue weighted by Crippen LogP contribution is 2.44. The molecule has 1 aliphatic carbocycles. The standard InChI is InChI=1S/C24H20BrNO4/c25-21-12-6-5-11-19(21)22(13-23(27)28)26-24(29)30-14-20-17-9-3-1-7-15(17)16-8-2-4-10-18(16)20/h1-12,20,22H,13-14H2,(H,26,29)(H,27,28)/p-1/t22-/m1/s1. The van der Waals surface area contributed by atoms with E-state index in [-0.39, 0.29) is 18.9 Å². The number of hydrogen-bond donors (Lipinski definition) is 1. The van der Waals surface area contributed by atoms with Gasteiger partial charge in [0.1, 0.15) is 6.61 Å². The number of alkyl carbamates (subject to hydrolysis) is 1. The van der Waals surface area contributed by atoms with Gasteiger partial charge in [-0.1, -0.05) is 82.7 Å². The van der Waals surface area contributed by atoms with E-state index in [0.29, 0.717) is 10.0 Å². The predicted molar refractivity (Wildman–Crippen MR) is 115 cm³/mol. The van der Waals surface area contributed by atoms with Crippen LogP contribution in [-0.4, -0.2) is 18.7 Å². The van der Waals surface area contributed by atoms with Crippen LogP contribution in [0.4, 0.5) is 4.79 Å². The molecule has 1 N–H and O–H groups in total. The number of amides is 1. The molecule has 0 bridgehead atoms. The third-order valence-electron chi connectivity index (χ3n) is 5.29. The molecule has 1 amide bonds. The van der Waals surface area contributed by atoms with Crippen molar-refractivity contribution >= 4 is 28.0 Å². The van der Waals surface area contributed by atoms with Gasteiger partial charge in [-0.2, -0.15) is 0 Å². The number of benzene rings is 3. The Morgan fingerprint density at radius 2 is 1.50 bits per heavy atom. The first-order valence-corrected chi connectivity index (χ1v) is 10.4. The third kappa shape index (κ3) is 4.09. The number of ether oxygens (including phenoxy) is 1. The van der Waals surface area contributed by atoms with Crippen LogP contribution >= 0.6 is 15.9 Å². The molecule has 1 aliphatic rings. The van der Waals surface area contributed by atoms with Crippen LogP contribution in [-0.2, 0) is 9.53 Å². The molecule has 3 aromatic rings. The summed E-state index contributed by atoms with van der Waals surface area (Å²) in [6, 6.07) is 22.5. The maximum absolute atomic E-state index is 12.5. The fourth-order valence-corrected chi connectivity index (χ4v) is 4.51. The Bertz CT molecular complexity index is 1050. The zero-order chi connectivity index (χ0) is 21.1. The number of fused-ring (bicyclic) bond motifs is 3. The summed E-state index contributed by atoms with van der Waals surface area (Å²) in [5.41, 5.74) is 5.16. The Labute approximate surface area is 182 Å². The summed E-state index contributed by atoms with van der Waals surface area (Å²) in [6.45, 7) is 0.161. The molecular formula is C24H19BrNO4-. The van der Waals surface area contributed by atoms with E-state index in [4.69, 9.17) is 4.74 Å². The molecule has 0 fully saturated rings. The maximum Gasteiger partial charge on any atom is 0.407 e. The molecule has 3 aromatic carbocycles. The summed E-state index contributed by atoms with van der Waals surface area (Å²) in [7, 11) is 0. The van der Waals surface area contributed by atoms with Gasteiger partial charge >= 0.3 is 6.09 Å². The van der Waals surface area contributed by atoms with Crippen molar-refractivity contribution in [1.82, 2.24) is 5.32 Å². The molecule has 1 atom stereocenters. The quantitative estimate of drug-likeness (QED) is 0.593. The lowest BCUT2D eigenvalue weighted by molar-refractivity contribution is -0.306. The summed E-state index contributed by atoms with van der Waals surface area (Å²) in [6.07, 6.45) is -1.02. The van der Waals surface area contributed by atoms with Crippen LogP contribution in [0.15, 0.2) is 77.3 Å². The predicted octanol–water partition coefficient (Wildman–Crippen LogP) is 4.17. The largest absolute Gasteiger partial charge is 0.550 e. The second-order valence-electron chi connectivity index (χ2n) is 7.12. The molecule has 5 nitrogen and oxygen atoms in total. The number of carboxylic acids is 1. The minimum absolute atomic E-state index is 0.0637. The first kappa shape index (κ1) is 20.2. The minimum Gasteiger partial charge on any atom is -0.550 e. The number of carboxylic acid groups (broad SMARTS) is 1. The van der Waals surface area contributed by atoms with Crippen molar-refractivity contribution < 1.29 is 19.4 Å². The second kappa shape index (κ2) is 8.71. The van der Waals surface area contributed by atoms with E-state index in [2.05, 4.69) is 33.4 Å². The molecule has 0 radical (unpaired) electrons. The zero-order valence-corrected chi connectivity index (χ0v) is 17.6. The molecule has 0 unspecified atom stereocenters. The number of rotatable bonds is 6. The molecule has 0 aliphatic heterocycles. The Morgan fingerprint density at radius 1 is 0.933 bits per heavy atom. The van der Waals surface area contributed by atoms with Gasteiger partial charge in [0, 0.05) is 22.8 Å². The number of aliphatic carboxylic acids is 1. The van der Waals surface area contributed by atoms with Crippen molar-refractivity contribution in [3.8, 4) is 11.1 Å². The molecule has 0 spiro atoms. The Balaban J connectivity index is 1.49. The van der Waals surface area contributed by atoms with Gasteiger partial charge in [0.2, 0.25) is 0 Å². The lowest BCUT2D eigenvalue weighted by Gasteiger charge is -2.21. The van der Waals surface area contributed by atoms with Crippen LogP contribution in [0.2, 0.25) is 0 Å². The van der Waals surface area contributed by atoms with Gasteiger partial charge < -0.3 is 20.0 Å². The number of carbonyl (C=O) groups is 2. The number of halogens is 1. The van der Waals surface area contributed by atoms with E-state index in [1.165, 1.54) is 0 Å². The van der Waals surface area contributed by atoms with Crippen LogP contribution in [0.25, 0.3) is 11.1 Å². The Hall–Kier alpha value is -3.12. The van der Waals surface area contributed by atoms with Crippen molar-refractivity contribution in [2.45, 2.75) is 18.4 Å². The fraction of sp³-hybridized carbons (Fsp3) is 0.167. The van der Waals surface area contributed by atoms with Crippen molar-refractivity contribution in [3.05, 3.63) is 94.0 Å². The summed E-state index contributed by atoms with van der Waals surface area (Å²) >= 11 is 3.40. The maximum atomic E-state index is 12.5. The van der Waals surface area contributed by atoms with Gasteiger partial charge in [0.05, 0.1) is 6.04 Å². The summed E-state index contributed by atoms with van der Waals surface area (Å²) in [5, 5.41) is 13.9. The van der Waals surface area contributed by atoms with E-state index in [0.717, 1.165) is 22.3 Å². The lowest BCUT2D eigenvalue weighted by Crippen LogP contribution is -2.35. The van der Waals surface area contributed by atoms with E-state index in [1.54, 1.807) is 18.2 Å². The second-order valence-corrected chi connectivity index (χ2v) is 7.97. The van der Waals surface area contributed by atoms with Crippen LogP contribution in [0.3, 0.4) is 0 Å². The third-order valence-corrected chi connectivity index (χ3v) is 6.01. The first-order valence-electron chi connectivity index (χ1n) is 9.60. The summed E-state index contributed by atoms with van der Waals surface area (Å²) in [4.78, 5) is 23.7. The van der Waals surface area contributed by atoms with Crippen molar-refractivity contribution in [2.75, 3.05) is 6.61 Å². The van der Waals surface area contributed by atoms with Crippen LogP contribution in [0.5, 0.6) is 0 Å². The monoisotopic (exact) mass is 464 g/mol. The van der Waals surface area contributed by atoms with E-state index >= 15 is 0 Å². The SMILES string of the molecule is O=C([O-])C[C@@H](NC(=O)OCC1c2ccccc2-c2ccccc21)c1ccccc1Br. The zero-order valence-electron chi connectivity index (χ0n) is 16.0. The highest BCUT2D eigenvalue weighted by atomic mass is 79.9. The smallest absolute Gasteiger partial charge is 0.407 e. The molecule has 0 saturated heterocycles. The molecule has 30 heavy (non-hydrogen) atoms. The van der Waals surface area contributed by atoms with E-state index in [1.807, 2.05) is 42.5 Å². The number of carbonyl (C=O) groups excluding carboxylic acids is 2. The lowest BCUT2D eigenvalue weighted by atomic mass is 9.98. The van der Waals surface area contributed by atoms with Crippen LogP contribution < -0.4 is 10.4 Å². The van der Waals surface area contributed by atoms with Gasteiger partial charge in [0.15, 0.2) is 0 Å². The molecule has 4 rings (SSSR count). The highest BCUT2D eigenvalue weighted by molar-refractivity contribution is 9.10. The molecule has 6 heteroatoms. The normalized spacial score (nSPS) is 13.2. The van der Waals surface area contributed by atoms with Gasteiger partial charge in [-0.05, 0) is 33.9 Å². The van der Waals surface area contributed by atoms with Gasteiger partial charge in [-0.3, -0.25) is 0 Å². The topological polar surface area (TPSA) is 78.5 Å². The number of nitrogens with one attached hydrogen (secondary N) is 1. The van der Waals surface area contributed by atoms with Gasteiger partial charge in [0.25, 0.3) is 0 Å². The molecular weight excluding hydrogens is 446 g/mol. The Kier molecular flexibility index (Phi) is 5.86. The highest BCUT2D eigenvalue weighted by Gasteiger charge is 2.29. The summed E-state index contributed by atoms with van der Waals surface area (Å²) in [5.74, 6) is -1.32.